The van der Waals surface area contributed by atoms with Crippen LogP contribution in [0, 0.1) is 0 Å². The first-order valence-corrected chi connectivity index (χ1v) is 6.93. The van der Waals surface area contributed by atoms with Gasteiger partial charge in [-0.3, -0.25) is 4.90 Å². The molecule has 0 aromatic carbocycles. The Morgan fingerprint density at radius 3 is 3.10 bits per heavy atom. The third-order valence-corrected chi connectivity index (χ3v) is 3.48. The van der Waals surface area contributed by atoms with E-state index < -0.39 is 5.97 Å². The Labute approximate surface area is 118 Å². The number of nitrogens with zero attached hydrogens (tertiary/aromatic N) is 3. The summed E-state index contributed by atoms with van der Waals surface area (Å²) in [6.07, 6.45) is 1.47. The molecule has 1 aromatic rings. The fraction of sp³-hybridized carbons (Fsp3) is 0.692. The number of hydrogen-bond acceptors (Lipinski definition) is 6. The Morgan fingerprint density at radius 2 is 2.40 bits per heavy atom. The lowest BCUT2D eigenvalue weighted by Crippen LogP contribution is -2.45. The third kappa shape index (κ3) is 3.29. The number of hydrogen-bond donors (Lipinski definition) is 1. The summed E-state index contributed by atoms with van der Waals surface area (Å²) in [6.45, 7) is 8.12. The molecule has 0 bridgehead atoms. The van der Waals surface area contributed by atoms with Crippen LogP contribution in [-0.2, 0) is 16.0 Å². The maximum atomic E-state index is 11.7. The van der Waals surface area contributed by atoms with E-state index in [9.17, 15) is 4.79 Å². The Bertz CT molecular complexity index is 460. The number of morpholine rings is 1. The average molecular weight is 282 g/mol. The Balaban J connectivity index is 1.94. The molecule has 0 aliphatic carbocycles. The molecule has 0 amide bonds. The van der Waals surface area contributed by atoms with Crippen molar-refractivity contribution in [1.29, 1.82) is 0 Å². The average Bonchev–Trinajstić information content (AvgIpc) is 2.79. The molecule has 1 aliphatic heterocycles. The molecule has 1 saturated heterocycles. The van der Waals surface area contributed by atoms with E-state index in [4.69, 9.17) is 15.2 Å². The first-order chi connectivity index (χ1) is 9.63. The molecule has 0 spiro atoms. The standard InChI is InChI=1S/C13H22N4O3/c1-3-20-13(18)11-8-15-17(12(11)14)5-4-16-6-7-19-9-10(16)2/h8,10H,3-7,9,14H2,1-2H3. The van der Waals surface area contributed by atoms with E-state index in [1.54, 1.807) is 11.6 Å². The van der Waals surface area contributed by atoms with Crippen LogP contribution >= 0.6 is 0 Å². The van der Waals surface area contributed by atoms with E-state index in [1.165, 1.54) is 6.20 Å². The van der Waals surface area contributed by atoms with Crippen LogP contribution in [0.4, 0.5) is 5.82 Å². The smallest absolute Gasteiger partial charge is 0.343 e. The van der Waals surface area contributed by atoms with Gasteiger partial charge in [0.15, 0.2) is 0 Å². The third-order valence-electron chi connectivity index (χ3n) is 3.48. The minimum absolute atomic E-state index is 0.328. The maximum Gasteiger partial charge on any atom is 0.343 e. The number of nitrogen functional groups attached to an aromatic ring is 1. The van der Waals surface area contributed by atoms with Gasteiger partial charge in [0.05, 0.1) is 32.6 Å². The molecule has 112 valence electrons. The van der Waals surface area contributed by atoms with E-state index >= 15 is 0 Å². The predicted molar refractivity (Wildman–Crippen MR) is 74.4 cm³/mol. The van der Waals surface area contributed by atoms with E-state index in [0.717, 1.165) is 26.3 Å². The van der Waals surface area contributed by atoms with Crippen LogP contribution < -0.4 is 5.73 Å². The van der Waals surface area contributed by atoms with Crippen molar-refractivity contribution in [3.63, 3.8) is 0 Å². The van der Waals surface area contributed by atoms with Crippen LogP contribution in [0.5, 0.6) is 0 Å². The number of rotatable bonds is 5. The van der Waals surface area contributed by atoms with E-state index in [1.807, 2.05) is 0 Å². The molecule has 2 rings (SSSR count). The molecule has 2 N–H and O–H groups in total. The number of ether oxygens (including phenoxy) is 2. The second kappa shape index (κ2) is 6.71. The summed E-state index contributed by atoms with van der Waals surface area (Å²) >= 11 is 0. The number of carbonyl (C=O) groups is 1. The SMILES string of the molecule is CCOC(=O)c1cnn(CCN2CCOCC2C)c1N. The Kier molecular flexibility index (Phi) is 4.97. The Hall–Kier alpha value is -1.60. The van der Waals surface area contributed by atoms with Gasteiger partial charge in [0.1, 0.15) is 11.4 Å². The van der Waals surface area contributed by atoms with Gasteiger partial charge in [-0.25, -0.2) is 9.48 Å². The molecule has 7 nitrogen and oxygen atoms in total. The molecule has 0 saturated carbocycles. The summed E-state index contributed by atoms with van der Waals surface area (Å²) in [5.74, 6) is -0.0552. The van der Waals surface area contributed by atoms with Gasteiger partial charge in [-0.1, -0.05) is 0 Å². The zero-order chi connectivity index (χ0) is 14.5. The van der Waals surface area contributed by atoms with Gasteiger partial charge >= 0.3 is 5.97 Å². The van der Waals surface area contributed by atoms with Crippen molar-refractivity contribution < 1.29 is 14.3 Å². The number of carbonyl (C=O) groups excluding carboxylic acids is 1. The minimum Gasteiger partial charge on any atom is -0.462 e. The molecule has 1 atom stereocenters. The van der Waals surface area contributed by atoms with Gasteiger partial charge < -0.3 is 15.2 Å². The minimum atomic E-state index is -0.420. The monoisotopic (exact) mass is 282 g/mol. The van der Waals surface area contributed by atoms with Crippen LogP contribution in [-0.4, -0.2) is 59.6 Å². The molecule has 2 heterocycles. The lowest BCUT2D eigenvalue weighted by Gasteiger charge is -2.33. The summed E-state index contributed by atoms with van der Waals surface area (Å²) in [7, 11) is 0. The summed E-state index contributed by atoms with van der Waals surface area (Å²) in [5, 5.41) is 4.16. The number of nitrogens with two attached hydrogens (primary N) is 1. The quantitative estimate of drug-likeness (QED) is 0.785. The van der Waals surface area contributed by atoms with Crippen LogP contribution in [0.3, 0.4) is 0 Å². The molecule has 20 heavy (non-hydrogen) atoms. The lowest BCUT2D eigenvalue weighted by atomic mass is 10.2. The van der Waals surface area contributed by atoms with Crippen LogP contribution in [0.1, 0.15) is 24.2 Å². The predicted octanol–water partition coefficient (Wildman–Crippen LogP) is 0.363. The van der Waals surface area contributed by atoms with Crippen molar-refractivity contribution in [3.05, 3.63) is 11.8 Å². The van der Waals surface area contributed by atoms with Gasteiger partial charge in [-0.15, -0.1) is 0 Å². The maximum absolute atomic E-state index is 11.7. The van der Waals surface area contributed by atoms with Gasteiger partial charge in [0, 0.05) is 19.1 Å². The highest BCUT2D eigenvalue weighted by Crippen LogP contribution is 2.13. The van der Waals surface area contributed by atoms with Crippen molar-refractivity contribution >= 4 is 11.8 Å². The molecule has 7 heteroatoms. The zero-order valence-corrected chi connectivity index (χ0v) is 12.0. The first kappa shape index (κ1) is 14.8. The number of anilines is 1. The second-order valence-corrected chi connectivity index (χ2v) is 4.85. The van der Waals surface area contributed by atoms with Gasteiger partial charge in [0.25, 0.3) is 0 Å². The molecule has 1 fully saturated rings. The molecule has 1 aliphatic rings. The fourth-order valence-corrected chi connectivity index (χ4v) is 2.26. The lowest BCUT2D eigenvalue weighted by molar-refractivity contribution is -0.00195. The van der Waals surface area contributed by atoms with Crippen LogP contribution in [0.15, 0.2) is 6.20 Å². The Morgan fingerprint density at radius 1 is 1.60 bits per heavy atom. The fourth-order valence-electron chi connectivity index (χ4n) is 2.26. The van der Waals surface area contributed by atoms with Crippen molar-refractivity contribution in [2.75, 3.05) is 38.6 Å². The molecule has 1 unspecified atom stereocenters. The summed E-state index contributed by atoms with van der Waals surface area (Å²) in [4.78, 5) is 14.0. The highest BCUT2D eigenvalue weighted by molar-refractivity contribution is 5.93. The van der Waals surface area contributed by atoms with Gasteiger partial charge in [-0.2, -0.15) is 5.10 Å². The van der Waals surface area contributed by atoms with E-state index in [0.29, 0.717) is 30.6 Å². The molecule has 1 aromatic heterocycles. The van der Waals surface area contributed by atoms with E-state index in [2.05, 4.69) is 16.9 Å². The van der Waals surface area contributed by atoms with Gasteiger partial charge in [-0.05, 0) is 13.8 Å². The van der Waals surface area contributed by atoms with Crippen molar-refractivity contribution in [3.8, 4) is 0 Å². The molecular weight excluding hydrogens is 260 g/mol. The van der Waals surface area contributed by atoms with Crippen molar-refractivity contribution in [1.82, 2.24) is 14.7 Å². The topological polar surface area (TPSA) is 82.6 Å². The summed E-state index contributed by atoms with van der Waals surface area (Å²) < 4.78 is 12.0. The largest absolute Gasteiger partial charge is 0.462 e. The van der Waals surface area contributed by atoms with Gasteiger partial charge in [0.2, 0.25) is 0 Å². The summed E-state index contributed by atoms with van der Waals surface area (Å²) in [5.41, 5.74) is 6.28. The highest BCUT2D eigenvalue weighted by atomic mass is 16.5. The molecular formula is C13H22N4O3. The van der Waals surface area contributed by atoms with Crippen LogP contribution in [0.25, 0.3) is 0 Å². The van der Waals surface area contributed by atoms with Crippen molar-refractivity contribution in [2.45, 2.75) is 26.4 Å². The summed E-state index contributed by atoms with van der Waals surface area (Å²) in [6, 6.07) is 0.394. The number of esters is 1. The zero-order valence-electron chi connectivity index (χ0n) is 12.0. The van der Waals surface area contributed by atoms with Crippen LogP contribution in [0.2, 0.25) is 0 Å². The second-order valence-electron chi connectivity index (χ2n) is 4.85. The highest BCUT2D eigenvalue weighted by Gasteiger charge is 2.20. The first-order valence-electron chi connectivity index (χ1n) is 6.93. The van der Waals surface area contributed by atoms with Crippen molar-refractivity contribution in [2.24, 2.45) is 0 Å². The number of aromatic nitrogens is 2. The van der Waals surface area contributed by atoms with E-state index in [-0.39, 0.29) is 0 Å². The molecule has 0 radical (unpaired) electrons. The normalized spacial score (nSPS) is 20.0.